The highest BCUT2D eigenvalue weighted by atomic mass is 35.5. The molecule has 1 unspecified atom stereocenters. The first-order valence-corrected chi connectivity index (χ1v) is 12.1. The van der Waals surface area contributed by atoms with Crippen LogP contribution in [0.5, 0.6) is 0 Å². The van der Waals surface area contributed by atoms with Crippen LogP contribution in [-0.4, -0.2) is 6.16 Å². The van der Waals surface area contributed by atoms with Crippen LogP contribution in [0.4, 0.5) is 0 Å². The van der Waals surface area contributed by atoms with Crippen LogP contribution < -0.4 is 0 Å². The molecule has 0 saturated heterocycles. The third-order valence-corrected chi connectivity index (χ3v) is 6.46. The lowest BCUT2D eigenvalue weighted by atomic mass is 9.66. The van der Waals surface area contributed by atoms with E-state index in [0.717, 1.165) is 6.42 Å². The fourth-order valence-electron chi connectivity index (χ4n) is 4.52. The van der Waals surface area contributed by atoms with Crippen molar-refractivity contribution in [2.75, 3.05) is 6.16 Å². The number of halogens is 1. The summed E-state index contributed by atoms with van der Waals surface area (Å²) in [4.78, 5) is 0. The standard InChI is InChI=1S/C28H35P.ClH/c29-24-16-5-3-1-2-4-15-23-28(25-17-9-6-10-18-25,26-19-11-7-12-20-26)27-21-13-8-14-22-27;/h6-14,17-22H,1-5,15-16,23-24,29H2;1H. The second-order valence-corrected chi connectivity index (χ2v) is 8.59. The van der Waals surface area contributed by atoms with E-state index in [-0.39, 0.29) is 17.8 Å². The molecule has 0 fully saturated rings. The Bertz CT molecular complexity index is 705. The monoisotopic (exact) mass is 438 g/mol. The average molecular weight is 439 g/mol. The molecule has 2 heteroatoms. The molecule has 0 radical (unpaired) electrons. The predicted octanol–water partition coefficient (Wildman–Crippen LogP) is 8.44. The first-order chi connectivity index (χ1) is 14.4. The van der Waals surface area contributed by atoms with Crippen LogP contribution in [-0.2, 0) is 5.41 Å². The lowest BCUT2D eigenvalue weighted by Crippen LogP contribution is -2.29. The molecule has 1 atom stereocenters. The van der Waals surface area contributed by atoms with Crippen molar-refractivity contribution in [1.29, 1.82) is 0 Å². The van der Waals surface area contributed by atoms with E-state index in [2.05, 4.69) is 100 Å². The zero-order chi connectivity index (χ0) is 20.2. The van der Waals surface area contributed by atoms with Crippen LogP contribution in [0, 0.1) is 0 Å². The van der Waals surface area contributed by atoms with Gasteiger partial charge in [0.2, 0.25) is 0 Å². The second kappa shape index (κ2) is 13.6. The zero-order valence-electron chi connectivity index (χ0n) is 18.0. The lowest BCUT2D eigenvalue weighted by molar-refractivity contribution is 0.497. The van der Waals surface area contributed by atoms with Crippen molar-refractivity contribution in [3.05, 3.63) is 108 Å². The molecule has 0 nitrogen and oxygen atoms in total. The first kappa shape index (κ1) is 24.6. The van der Waals surface area contributed by atoms with E-state index in [1.54, 1.807) is 0 Å². The molecule has 0 amide bonds. The summed E-state index contributed by atoms with van der Waals surface area (Å²) in [6.07, 6.45) is 11.8. The molecule has 0 spiro atoms. The summed E-state index contributed by atoms with van der Waals surface area (Å²) in [6.45, 7) is 0. The number of benzene rings is 3. The van der Waals surface area contributed by atoms with Gasteiger partial charge in [-0.05, 0) is 35.7 Å². The number of hydrogen-bond donors (Lipinski definition) is 0. The molecule has 30 heavy (non-hydrogen) atoms. The van der Waals surface area contributed by atoms with Crippen LogP contribution >= 0.6 is 21.6 Å². The summed E-state index contributed by atoms with van der Waals surface area (Å²) >= 11 is 0. The molecule has 0 N–H and O–H groups in total. The largest absolute Gasteiger partial charge is 0.147 e. The molecular weight excluding hydrogens is 403 g/mol. The van der Waals surface area contributed by atoms with Crippen molar-refractivity contribution in [1.82, 2.24) is 0 Å². The summed E-state index contributed by atoms with van der Waals surface area (Å²) in [7, 11) is 2.84. The molecule has 0 saturated carbocycles. The second-order valence-electron chi connectivity index (χ2n) is 8.02. The average Bonchev–Trinajstić information content (AvgIpc) is 2.80. The van der Waals surface area contributed by atoms with E-state index in [4.69, 9.17) is 0 Å². The molecule has 160 valence electrons. The molecule has 0 aliphatic rings. The molecule has 3 rings (SSSR count). The number of rotatable bonds is 12. The SMILES string of the molecule is Cl.PCCCCCCCCCC(c1ccccc1)(c1ccccc1)c1ccccc1. The Hall–Kier alpha value is -1.62. The minimum Gasteiger partial charge on any atom is -0.147 e. The van der Waals surface area contributed by atoms with Gasteiger partial charge < -0.3 is 0 Å². The quantitative estimate of drug-likeness (QED) is 0.151. The molecular formula is C28H36ClP. The first-order valence-electron chi connectivity index (χ1n) is 11.2. The van der Waals surface area contributed by atoms with Crippen LogP contribution in [0.1, 0.15) is 68.1 Å². The van der Waals surface area contributed by atoms with E-state index >= 15 is 0 Å². The highest BCUT2D eigenvalue weighted by Crippen LogP contribution is 2.43. The Kier molecular flexibility index (Phi) is 11.2. The van der Waals surface area contributed by atoms with Crippen molar-refractivity contribution < 1.29 is 0 Å². The normalized spacial score (nSPS) is 11.1. The van der Waals surface area contributed by atoms with Gasteiger partial charge in [-0.25, -0.2) is 0 Å². The molecule has 0 heterocycles. The molecule has 0 aliphatic carbocycles. The molecule has 0 aromatic heterocycles. The van der Waals surface area contributed by atoms with Gasteiger partial charge in [-0.15, -0.1) is 21.6 Å². The van der Waals surface area contributed by atoms with Crippen LogP contribution in [0.25, 0.3) is 0 Å². The van der Waals surface area contributed by atoms with Crippen molar-refractivity contribution in [2.45, 2.75) is 56.8 Å². The number of hydrogen-bond acceptors (Lipinski definition) is 0. The Labute approximate surface area is 192 Å². The Morgan fingerprint density at radius 1 is 0.467 bits per heavy atom. The van der Waals surface area contributed by atoms with Gasteiger partial charge >= 0.3 is 0 Å². The fourth-order valence-corrected chi connectivity index (χ4v) is 4.81. The Morgan fingerprint density at radius 2 is 0.800 bits per heavy atom. The maximum absolute atomic E-state index is 2.84. The zero-order valence-corrected chi connectivity index (χ0v) is 20.0. The minimum absolute atomic E-state index is 0. The summed E-state index contributed by atoms with van der Waals surface area (Å²) in [5, 5.41) is 0. The lowest BCUT2D eigenvalue weighted by Gasteiger charge is -2.36. The number of unbranched alkanes of at least 4 members (excludes halogenated alkanes) is 6. The molecule has 0 bridgehead atoms. The Morgan fingerprint density at radius 3 is 1.17 bits per heavy atom. The third-order valence-electron chi connectivity index (χ3n) is 6.06. The van der Waals surface area contributed by atoms with Gasteiger partial charge in [0, 0.05) is 5.41 Å². The van der Waals surface area contributed by atoms with E-state index in [9.17, 15) is 0 Å². The molecule has 3 aromatic carbocycles. The fraction of sp³-hybridized carbons (Fsp3) is 0.357. The van der Waals surface area contributed by atoms with Crippen molar-refractivity contribution >= 4 is 21.6 Å². The van der Waals surface area contributed by atoms with E-state index in [0.29, 0.717) is 0 Å². The third kappa shape index (κ3) is 6.44. The van der Waals surface area contributed by atoms with E-state index in [1.807, 2.05) is 0 Å². The van der Waals surface area contributed by atoms with Gasteiger partial charge in [0.1, 0.15) is 0 Å². The maximum atomic E-state index is 2.84. The van der Waals surface area contributed by atoms with Gasteiger partial charge in [-0.1, -0.05) is 130 Å². The summed E-state index contributed by atoms with van der Waals surface area (Å²) < 4.78 is 0. The van der Waals surface area contributed by atoms with Gasteiger partial charge in [0.25, 0.3) is 0 Å². The highest BCUT2D eigenvalue weighted by molar-refractivity contribution is 7.16. The van der Waals surface area contributed by atoms with Gasteiger partial charge in [0.15, 0.2) is 0 Å². The van der Waals surface area contributed by atoms with E-state index in [1.165, 1.54) is 67.8 Å². The minimum atomic E-state index is -0.0801. The molecule has 0 aliphatic heterocycles. The van der Waals surface area contributed by atoms with E-state index < -0.39 is 0 Å². The van der Waals surface area contributed by atoms with Gasteiger partial charge in [-0.2, -0.15) is 0 Å². The smallest absolute Gasteiger partial charge is 0.0451 e. The predicted molar refractivity (Wildman–Crippen MR) is 138 cm³/mol. The van der Waals surface area contributed by atoms with Crippen molar-refractivity contribution in [3.8, 4) is 0 Å². The van der Waals surface area contributed by atoms with Crippen molar-refractivity contribution in [3.63, 3.8) is 0 Å². The topological polar surface area (TPSA) is 0 Å². The maximum Gasteiger partial charge on any atom is 0.0451 e. The summed E-state index contributed by atoms with van der Waals surface area (Å²) in [5.74, 6) is 0. The van der Waals surface area contributed by atoms with Gasteiger partial charge in [-0.3, -0.25) is 0 Å². The van der Waals surface area contributed by atoms with Crippen LogP contribution in [0.3, 0.4) is 0 Å². The highest BCUT2D eigenvalue weighted by Gasteiger charge is 2.35. The van der Waals surface area contributed by atoms with Gasteiger partial charge in [0.05, 0.1) is 0 Å². The van der Waals surface area contributed by atoms with Crippen LogP contribution in [0.15, 0.2) is 91.0 Å². The van der Waals surface area contributed by atoms with Crippen LogP contribution in [0.2, 0.25) is 0 Å². The Balaban J connectivity index is 0.00000320. The summed E-state index contributed by atoms with van der Waals surface area (Å²) in [5.41, 5.74) is 4.12. The van der Waals surface area contributed by atoms with Crippen molar-refractivity contribution in [2.24, 2.45) is 0 Å². The molecule has 3 aromatic rings. The summed E-state index contributed by atoms with van der Waals surface area (Å²) in [6, 6.07) is 33.3.